The molecule has 1 aromatic heterocycles. The maximum Gasteiger partial charge on any atom is 0.416 e. The fraction of sp³-hybridized carbons (Fsp3) is 0.333. The number of nitrogens with one attached hydrogen (secondary N) is 1. The average Bonchev–Trinajstić information content (AvgIpc) is 2.25. The van der Waals surface area contributed by atoms with E-state index in [1.165, 1.54) is 6.07 Å². The largest absolute Gasteiger partial charge is 0.416 e. The molecule has 0 unspecified atom stereocenters. The number of rotatable bonds is 1. The minimum absolute atomic E-state index is 0.0910. The SMILES string of the molecule is CC(C)c1[nH]c(=O)nc2ccc(C(F)(F)F)cc12. The fourth-order valence-electron chi connectivity index (χ4n) is 1.80. The third-order valence-corrected chi connectivity index (χ3v) is 2.66. The van der Waals surface area contributed by atoms with Crippen LogP contribution in [0.15, 0.2) is 23.0 Å². The van der Waals surface area contributed by atoms with Crippen molar-refractivity contribution in [2.75, 3.05) is 0 Å². The van der Waals surface area contributed by atoms with Crippen molar-refractivity contribution in [2.24, 2.45) is 0 Å². The predicted octanol–water partition coefficient (Wildman–Crippen LogP) is 3.07. The Morgan fingerprint density at radius 1 is 1.28 bits per heavy atom. The Kier molecular flexibility index (Phi) is 2.88. The Labute approximate surface area is 101 Å². The fourth-order valence-corrected chi connectivity index (χ4v) is 1.80. The number of alkyl halides is 3. The number of benzene rings is 1. The Balaban J connectivity index is 2.79. The molecule has 96 valence electrons. The van der Waals surface area contributed by atoms with Crippen molar-refractivity contribution in [1.29, 1.82) is 0 Å². The second-order valence-electron chi connectivity index (χ2n) is 4.34. The molecule has 0 aliphatic rings. The Morgan fingerprint density at radius 3 is 2.50 bits per heavy atom. The predicted molar refractivity (Wildman–Crippen MR) is 61.5 cm³/mol. The molecule has 0 saturated carbocycles. The monoisotopic (exact) mass is 256 g/mol. The van der Waals surface area contributed by atoms with Crippen LogP contribution in [0.5, 0.6) is 0 Å². The molecule has 0 amide bonds. The standard InChI is InChI=1S/C12H11F3N2O/c1-6(2)10-8-5-7(12(13,14)15)3-4-9(8)16-11(18)17-10/h3-6H,1-2H3,(H,16,17,18). The number of aromatic nitrogens is 2. The molecule has 6 heteroatoms. The molecule has 2 rings (SSSR count). The quantitative estimate of drug-likeness (QED) is 0.852. The molecule has 2 aromatic rings. The molecule has 1 aromatic carbocycles. The van der Waals surface area contributed by atoms with Gasteiger partial charge in [0.05, 0.1) is 11.1 Å². The first kappa shape index (κ1) is 12.6. The third kappa shape index (κ3) is 2.23. The molecule has 3 nitrogen and oxygen atoms in total. The highest BCUT2D eigenvalue weighted by molar-refractivity contribution is 5.82. The summed E-state index contributed by atoms with van der Waals surface area (Å²) in [5.74, 6) is -0.0910. The van der Waals surface area contributed by atoms with Crippen LogP contribution < -0.4 is 5.69 Å². The summed E-state index contributed by atoms with van der Waals surface area (Å²) in [6, 6.07) is 3.17. The van der Waals surface area contributed by atoms with Crippen molar-refractivity contribution < 1.29 is 13.2 Å². The van der Waals surface area contributed by atoms with Crippen LogP contribution in [0.25, 0.3) is 10.9 Å². The smallest absolute Gasteiger partial charge is 0.309 e. The van der Waals surface area contributed by atoms with Gasteiger partial charge < -0.3 is 4.98 Å². The van der Waals surface area contributed by atoms with Gasteiger partial charge in [-0.05, 0) is 24.1 Å². The van der Waals surface area contributed by atoms with Gasteiger partial charge in [-0.25, -0.2) is 4.79 Å². The summed E-state index contributed by atoms with van der Waals surface area (Å²) in [4.78, 5) is 17.5. The van der Waals surface area contributed by atoms with Gasteiger partial charge in [-0.1, -0.05) is 13.8 Å². The molecule has 0 radical (unpaired) electrons. The van der Waals surface area contributed by atoms with Gasteiger partial charge in [0.1, 0.15) is 0 Å². The molecule has 0 aliphatic carbocycles. The first-order chi connectivity index (χ1) is 8.29. The van der Waals surface area contributed by atoms with Crippen LogP contribution in [0.3, 0.4) is 0 Å². The molecule has 0 aliphatic heterocycles. The van der Waals surface area contributed by atoms with Crippen molar-refractivity contribution in [2.45, 2.75) is 25.9 Å². The van der Waals surface area contributed by atoms with Gasteiger partial charge in [0.2, 0.25) is 0 Å². The molecule has 0 bridgehead atoms. The molecule has 0 fully saturated rings. The van der Waals surface area contributed by atoms with Crippen LogP contribution in [0.2, 0.25) is 0 Å². The molecule has 0 saturated heterocycles. The second-order valence-corrected chi connectivity index (χ2v) is 4.34. The minimum Gasteiger partial charge on any atom is -0.309 e. The van der Waals surface area contributed by atoms with Crippen molar-refractivity contribution >= 4 is 10.9 Å². The molecule has 18 heavy (non-hydrogen) atoms. The maximum absolute atomic E-state index is 12.6. The number of fused-ring (bicyclic) bond motifs is 1. The van der Waals surface area contributed by atoms with Crippen LogP contribution >= 0.6 is 0 Å². The van der Waals surface area contributed by atoms with Gasteiger partial charge in [0.25, 0.3) is 0 Å². The van der Waals surface area contributed by atoms with E-state index < -0.39 is 17.4 Å². The molecular weight excluding hydrogens is 245 g/mol. The summed E-state index contributed by atoms with van der Waals surface area (Å²) in [6.45, 7) is 3.59. The third-order valence-electron chi connectivity index (χ3n) is 2.66. The Hall–Kier alpha value is -1.85. The highest BCUT2D eigenvalue weighted by atomic mass is 19.4. The number of H-pyrrole nitrogens is 1. The minimum atomic E-state index is -4.40. The van der Waals surface area contributed by atoms with Crippen molar-refractivity contribution in [3.63, 3.8) is 0 Å². The first-order valence-electron chi connectivity index (χ1n) is 5.40. The first-order valence-corrected chi connectivity index (χ1v) is 5.40. The van der Waals surface area contributed by atoms with Gasteiger partial charge in [-0.2, -0.15) is 18.2 Å². The highest BCUT2D eigenvalue weighted by Gasteiger charge is 2.30. The van der Waals surface area contributed by atoms with E-state index in [9.17, 15) is 18.0 Å². The van der Waals surface area contributed by atoms with Crippen LogP contribution in [-0.2, 0) is 6.18 Å². The van der Waals surface area contributed by atoms with E-state index >= 15 is 0 Å². The lowest BCUT2D eigenvalue weighted by Crippen LogP contribution is -2.15. The van der Waals surface area contributed by atoms with Gasteiger partial charge in [0, 0.05) is 11.1 Å². The highest BCUT2D eigenvalue weighted by Crippen LogP contribution is 2.32. The van der Waals surface area contributed by atoms with Gasteiger partial charge in [-0.15, -0.1) is 0 Å². The number of nitrogens with zero attached hydrogens (tertiary/aromatic N) is 1. The van der Waals surface area contributed by atoms with Crippen molar-refractivity contribution in [3.05, 3.63) is 39.9 Å². The summed E-state index contributed by atoms with van der Waals surface area (Å²) < 4.78 is 37.9. The van der Waals surface area contributed by atoms with E-state index in [1.807, 2.05) is 0 Å². The summed E-state index contributed by atoms with van der Waals surface area (Å²) in [5, 5.41) is 0.333. The number of hydrogen-bond acceptors (Lipinski definition) is 2. The van der Waals surface area contributed by atoms with Gasteiger partial charge >= 0.3 is 11.9 Å². The van der Waals surface area contributed by atoms with E-state index in [4.69, 9.17) is 0 Å². The molecule has 0 spiro atoms. The van der Waals surface area contributed by atoms with Crippen LogP contribution in [-0.4, -0.2) is 9.97 Å². The maximum atomic E-state index is 12.6. The van der Waals surface area contributed by atoms with Crippen LogP contribution in [0, 0.1) is 0 Å². The molecule has 1 heterocycles. The van der Waals surface area contributed by atoms with E-state index in [2.05, 4.69) is 9.97 Å². The molecule has 0 atom stereocenters. The zero-order valence-corrected chi connectivity index (χ0v) is 9.80. The summed E-state index contributed by atoms with van der Waals surface area (Å²) in [6.07, 6.45) is -4.40. The lowest BCUT2D eigenvalue weighted by Gasteiger charge is -2.11. The number of aromatic amines is 1. The normalized spacial score (nSPS) is 12.3. The van der Waals surface area contributed by atoms with E-state index in [0.717, 1.165) is 12.1 Å². The Morgan fingerprint density at radius 2 is 1.94 bits per heavy atom. The molecule has 1 N–H and O–H groups in total. The molecular formula is C12H11F3N2O. The zero-order valence-electron chi connectivity index (χ0n) is 9.80. The Bertz CT molecular complexity index is 644. The summed E-state index contributed by atoms with van der Waals surface area (Å²) in [5.41, 5.74) is -0.553. The average molecular weight is 256 g/mol. The number of hydrogen-bond donors (Lipinski definition) is 1. The van der Waals surface area contributed by atoms with Gasteiger partial charge in [-0.3, -0.25) is 0 Å². The van der Waals surface area contributed by atoms with Crippen molar-refractivity contribution in [1.82, 2.24) is 9.97 Å². The van der Waals surface area contributed by atoms with Crippen molar-refractivity contribution in [3.8, 4) is 0 Å². The summed E-state index contributed by atoms with van der Waals surface area (Å²) in [7, 11) is 0. The van der Waals surface area contributed by atoms with E-state index in [1.54, 1.807) is 13.8 Å². The van der Waals surface area contributed by atoms with E-state index in [-0.39, 0.29) is 11.4 Å². The lowest BCUT2D eigenvalue weighted by molar-refractivity contribution is -0.137. The van der Waals surface area contributed by atoms with Crippen LogP contribution in [0.1, 0.15) is 31.0 Å². The van der Waals surface area contributed by atoms with Gasteiger partial charge in [0.15, 0.2) is 0 Å². The number of halogens is 3. The lowest BCUT2D eigenvalue weighted by atomic mass is 10.0. The topological polar surface area (TPSA) is 45.8 Å². The van der Waals surface area contributed by atoms with Crippen LogP contribution in [0.4, 0.5) is 13.2 Å². The summed E-state index contributed by atoms with van der Waals surface area (Å²) >= 11 is 0. The second kappa shape index (κ2) is 4.12. The zero-order chi connectivity index (χ0) is 13.5. The van der Waals surface area contributed by atoms with E-state index in [0.29, 0.717) is 11.1 Å².